The molecule has 0 bridgehead atoms. The summed E-state index contributed by atoms with van der Waals surface area (Å²) in [7, 11) is -2.74. The summed E-state index contributed by atoms with van der Waals surface area (Å²) in [6.07, 6.45) is 3.83. The Hall–Kier alpha value is -0.518. The first kappa shape index (κ1) is 10.6. The summed E-state index contributed by atoms with van der Waals surface area (Å²) in [5.74, 6) is 0. The van der Waals surface area contributed by atoms with Gasteiger partial charge in [0.2, 0.25) is 0 Å². The van der Waals surface area contributed by atoms with E-state index >= 15 is 0 Å². The van der Waals surface area contributed by atoms with E-state index in [4.69, 9.17) is 10.0 Å². The van der Waals surface area contributed by atoms with Gasteiger partial charge in [-0.25, -0.2) is 0 Å². The fraction of sp³-hybridized carbons (Fsp3) is 0.500. The second kappa shape index (κ2) is 3.32. The number of hydrogen-bond donors (Lipinski definition) is 2. The SMILES string of the molecule is Cc1cn([Si](C)(C)C)cc1B(O)O. The third-order valence-corrected chi connectivity index (χ3v) is 3.93. The summed E-state index contributed by atoms with van der Waals surface area (Å²) in [5.41, 5.74) is 1.56. The van der Waals surface area contributed by atoms with Gasteiger partial charge in [0, 0.05) is 5.46 Å². The van der Waals surface area contributed by atoms with Crippen molar-refractivity contribution in [2.45, 2.75) is 26.6 Å². The van der Waals surface area contributed by atoms with Crippen LogP contribution in [0.4, 0.5) is 0 Å². The third-order valence-electron chi connectivity index (χ3n) is 2.12. The van der Waals surface area contributed by atoms with Crippen molar-refractivity contribution < 1.29 is 10.0 Å². The van der Waals surface area contributed by atoms with Crippen LogP contribution in [-0.2, 0) is 0 Å². The lowest BCUT2D eigenvalue weighted by Crippen LogP contribution is -2.34. The predicted octanol–water partition coefficient (Wildman–Crippen LogP) is 0.159. The van der Waals surface area contributed by atoms with Crippen LogP contribution in [-0.4, -0.2) is 29.6 Å². The highest BCUT2D eigenvalue weighted by atomic mass is 28.3. The van der Waals surface area contributed by atoms with Crippen molar-refractivity contribution in [2.75, 3.05) is 0 Å². The van der Waals surface area contributed by atoms with E-state index in [1.54, 1.807) is 0 Å². The van der Waals surface area contributed by atoms with Crippen molar-refractivity contribution >= 4 is 20.8 Å². The average molecular weight is 197 g/mol. The van der Waals surface area contributed by atoms with E-state index < -0.39 is 15.4 Å². The molecule has 1 heterocycles. The van der Waals surface area contributed by atoms with Gasteiger partial charge in [-0.3, -0.25) is 0 Å². The van der Waals surface area contributed by atoms with Gasteiger partial charge < -0.3 is 14.3 Å². The summed E-state index contributed by atoms with van der Waals surface area (Å²) < 4.78 is 2.12. The lowest BCUT2D eigenvalue weighted by Gasteiger charge is -2.17. The Morgan fingerprint density at radius 3 is 2.00 bits per heavy atom. The first-order valence-electron chi connectivity index (χ1n) is 4.37. The molecule has 0 amide bonds. The third kappa shape index (κ3) is 2.24. The van der Waals surface area contributed by atoms with Gasteiger partial charge in [-0.1, -0.05) is 19.6 Å². The minimum atomic E-state index is -1.40. The number of hydrogen-bond acceptors (Lipinski definition) is 2. The molecule has 0 aliphatic carbocycles. The van der Waals surface area contributed by atoms with E-state index in [2.05, 4.69) is 23.9 Å². The Kier molecular flexibility index (Phi) is 2.70. The van der Waals surface area contributed by atoms with Crippen molar-refractivity contribution in [3.05, 3.63) is 18.0 Å². The van der Waals surface area contributed by atoms with Gasteiger partial charge >= 0.3 is 7.12 Å². The van der Waals surface area contributed by atoms with Crippen molar-refractivity contribution in [2.24, 2.45) is 0 Å². The molecule has 0 atom stereocenters. The molecule has 3 nitrogen and oxygen atoms in total. The predicted molar refractivity (Wildman–Crippen MR) is 57.7 cm³/mol. The monoisotopic (exact) mass is 197 g/mol. The van der Waals surface area contributed by atoms with Crippen LogP contribution < -0.4 is 5.46 Å². The van der Waals surface area contributed by atoms with E-state index in [0.29, 0.717) is 5.46 Å². The molecular weight excluding hydrogens is 181 g/mol. The zero-order valence-electron chi connectivity index (χ0n) is 8.57. The molecule has 0 saturated carbocycles. The molecule has 0 unspecified atom stereocenters. The first-order chi connectivity index (χ1) is 5.82. The highest BCUT2D eigenvalue weighted by Crippen LogP contribution is 2.07. The van der Waals surface area contributed by atoms with Crippen LogP contribution in [0.1, 0.15) is 5.56 Å². The topological polar surface area (TPSA) is 45.4 Å². The van der Waals surface area contributed by atoms with E-state index in [-0.39, 0.29) is 0 Å². The largest absolute Gasteiger partial charge is 0.490 e. The molecule has 0 aliphatic rings. The Morgan fingerprint density at radius 1 is 1.23 bits per heavy atom. The molecule has 5 heteroatoms. The van der Waals surface area contributed by atoms with Gasteiger partial charge in [0.15, 0.2) is 8.24 Å². The molecule has 0 spiro atoms. The number of rotatable bonds is 2. The van der Waals surface area contributed by atoms with E-state index in [1.807, 2.05) is 19.3 Å². The van der Waals surface area contributed by atoms with Gasteiger partial charge in [0.25, 0.3) is 0 Å². The fourth-order valence-electron chi connectivity index (χ4n) is 1.23. The Balaban J connectivity index is 3.10. The van der Waals surface area contributed by atoms with Gasteiger partial charge in [-0.05, 0) is 24.9 Å². The average Bonchev–Trinajstić information content (AvgIpc) is 2.29. The summed E-state index contributed by atoms with van der Waals surface area (Å²) in [5, 5.41) is 18.1. The summed E-state index contributed by atoms with van der Waals surface area (Å²) in [6.45, 7) is 8.52. The second-order valence-electron chi connectivity index (χ2n) is 4.35. The smallest absolute Gasteiger partial charge is 0.423 e. The standard InChI is InChI=1S/C8H16BNO2Si/c1-7-5-10(13(2,3)4)6-8(7)9(11)12/h5-6,11-12H,1-4H3. The molecule has 1 rings (SSSR count). The van der Waals surface area contributed by atoms with E-state index in [9.17, 15) is 0 Å². The van der Waals surface area contributed by atoms with Crippen LogP contribution in [0.3, 0.4) is 0 Å². The zero-order chi connectivity index (χ0) is 10.2. The maximum Gasteiger partial charge on any atom is 0.490 e. The number of aryl methyl sites for hydroxylation is 1. The lowest BCUT2D eigenvalue weighted by atomic mass is 9.80. The molecule has 2 N–H and O–H groups in total. The number of nitrogens with zero attached hydrogens (tertiary/aromatic N) is 1. The van der Waals surface area contributed by atoms with Crippen molar-refractivity contribution in [1.29, 1.82) is 0 Å². The van der Waals surface area contributed by atoms with Gasteiger partial charge in [-0.2, -0.15) is 0 Å². The van der Waals surface area contributed by atoms with Crippen molar-refractivity contribution in [3.8, 4) is 0 Å². The molecular formula is C8H16BNO2Si. The minimum Gasteiger partial charge on any atom is -0.423 e. The fourth-order valence-corrected chi connectivity index (χ4v) is 2.34. The van der Waals surface area contributed by atoms with Crippen molar-refractivity contribution in [3.63, 3.8) is 0 Å². The first-order valence-corrected chi connectivity index (χ1v) is 7.82. The van der Waals surface area contributed by atoms with Crippen LogP contribution in [0, 0.1) is 6.92 Å². The Morgan fingerprint density at radius 2 is 1.77 bits per heavy atom. The summed E-state index contributed by atoms with van der Waals surface area (Å²) >= 11 is 0. The van der Waals surface area contributed by atoms with Crippen LogP contribution in [0.15, 0.2) is 12.4 Å². The highest BCUT2D eigenvalue weighted by Gasteiger charge is 2.21. The van der Waals surface area contributed by atoms with Gasteiger partial charge in [-0.15, -0.1) is 0 Å². The maximum atomic E-state index is 9.04. The summed E-state index contributed by atoms with van der Waals surface area (Å²) in [4.78, 5) is 0. The second-order valence-corrected chi connectivity index (χ2v) is 9.21. The highest BCUT2D eigenvalue weighted by molar-refractivity contribution is 6.74. The quantitative estimate of drug-likeness (QED) is 0.663. The molecule has 0 radical (unpaired) electrons. The Bertz CT molecular complexity index is 304. The molecule has 0 aliphatic heterocycles. The van der Waals surface area contributed by atoms with Crippen LogP contribution in [0.25, 0.3) is 0 Å². The summed E-state index contributed by atoms with van der Waals surface area (Å²) in [6, 6.07) is 0. The van der Waals surface area contributed by atoms with Gasteiger partial charge in [0.1, 0.15) is 0 Å². The minimum absolute atomic E-state index is 0.613. The normalized spacial score (nSPS) is 11.8. The zero-order valence-corrected chi connectivity index (χ0v) is 9.57. The Labute approximate surface area is 80.3 Å². The molecule has 13 heavy (non-hydrogen) atoms. The molecule has 1 aromatic heterocycles. The molecule has 1 aromatic rings. The molecule has 0 saturated heterocycles. The molecule has 0 aromatic carbocycles. The van der Waals surface area contributed by atoms with Crippen LogP contribution >= 0.6 is 0 Å². The van der Waals surface area contributed by atoms with E-state index in [0.717, 1.165) is 5.56 Å². The van der Waals surface area contributed by atoms with Crippen LogP contribution in [0.2, 0.25) is 19.6 Å². The molecule has 0 fully saturated rings. The van der Waals surface area contributed by atoms with E-state index in [1.165, 1.54) is 0 Å². The lowest BCUT2D eigenvalue weighted by molar-refractivity contribution is 0.425. The molecule has 72 valence electrons. The number of aromatic nitrogens is 1. The van der Waals surface area contributed by atoms with Gasteiger partial charge in [0.05, 0.1) is 0 Å². The maximum absolute atomic E-state index is 9.04. The van der Waals surface area contributed by atoms with Crippen LogP contribution in [0.5, 0.6) is 0 Å². The van der Waals surface area contributed by atoms with Crippen molar-refractivity contribution in [1.82, 2.24) is 4.23 Å².